The molecule has 0 amide bonds. The van der Waals surface area contributed by atoms with E-state index in [0.29, 0.717) is 0 Å². The molecule has 2 heterocycles. The van der Waals surface area contributed by atoms with Crippen molar-refractivity contribution in [2.24, 2.45) is 0 Å². The Morgan fingerprint density at radius 3 is 2.86 bits per heavy atom. The van der Waals surface area contributed by atoms with Crippen molar-refractivity contribution in [3.63, 3.8) is 0 Å². The average molecular weight is 309 g/mol. The third-order valence-electron chi connectivity index (χ3n) is 4.27. The first-order chi connectivity index (χ1) is 10.4. The van der Waals surface area contributed by atoms with Crippen LogP contribution in [0.4, 0.5) is 13.2 Å². The van der Waals surface area contributed by atoms with E-state index in [9.17, 15) is 13.2 Å². The first-order valence-corrected chi connectivity index (χ1v) is 7.32. The Bertz CT molecular complexity index is 648. The fourth-order valence-electron chi connectivity index (χ4n) is 2.97. The molecule has 1 N–H and O–H groups in total. The molecule has 1 aliphatic heterocycles. The zero-order valence-corrected chi connectivity index (χ0v) is 12.3. The molecular formula is C16H18F3N3. The number of aryl methyl sites for hydroxylation is 1. The Morgan fingerprint density at radius 1 is 1.36 bits per heavy atom. The van der Waals surface area contributed by atoms with Crippen molar-refractivity contribution in [1.29, 1.82) is 0 Å². The van der Waals surface area contributed by atoms with Crippen LogP contribution in [0.3, 0.4) is 0 Å². The van der Waals surface area contributed by atoms with Gasteiger partial charge in [0.1, 0.15) is 0 Å². The summed E-state index contributed by atoms with van der Waals surface area (Å²) in [7, 11) is 0. The molecule has 1 atom stereocenters. The van der Waals surface area contributed by atoms with Crippen LogP contribution in [0.1, 0.15) is 34.7 Å². The monoisotopic (exact) mass is 309 g/mol. The fourth-order valence-corrected chi connectivity index (χ4v) is 2.97. The molecule has 0 bridgehead atoms. The highest BCUT2D eigenvalue weighted by Gasteiger charge is 2.32. The van der Waals surface area contributed by atoms with E-state index >= 15 is 0 Å². The van der Waals surface area contributed by atoms with E-state index < -0.39 is 11.7 Å². The third-order valence-corrected chi connectivity index (χ3v) is 4.27. The number of hydrogen-bond donors (Lipinski definition) is 1. The van der Waals surface area contributed by atoms with Crippen LogP contribution in [0, 0.1) is 6.92 Å². The molecular weight excluding hydrogens is 291 g/mol. The lowest BCUT2D eigenvalue weighted by Crippen LogP contribution is -2.20. The predicted molar refractivity (Wildman–Crippen MR) is 77.4 cm³/mol. The number of nitrogens with one attached hydrogen (secondary N) is 1. The van der Waals surface area contributed by atoms with Gasteiger partial charge >= 0.3 is 6.18 Å². The second kappa shape index (κ2) is 5.76. The van der Waals surface area contributed by atoms with Crippen LogP contribution in [-0.4, -0.2) is 28.2 Å². The maximum atomic E-state index is 12.8. The Morgan fingerprint density at radius 2 is 2.18 bits per heavy atom. The molecule has 0 spiro atoms. The highest BCUT2D eigenvalue weighted by atomic mass is 19.4. The van der Waals surface area contributed by atoms with Gasteiger partial charge < -0.3 is 0 Å². The predicted octanol–water partition coefficient (Wildman–Crippen LogP) is 3.73. The van der Waals surface area contributed by atoms with Crippen LogP contribution < -0.4 is 0 Å². The molecule has 22 heavy (non-hydrogen) atoms. The minimum absolute atomic E-state index is 0.158. The summed E-state index contributed by atoms with van der Waals surface area (Å²) in [4.78, 5) is 2.26. The maximum absolute atomic E-state index is 12.8. The Hall–Kier alpha value is -1.82. The van der Waals surface area contributed by atoms with E-state index in [1.165, 1.54) is 12.1 Å². The number of aromatic nitrogens is 2. The number of rotatable bonds is 3. The topological polar surface area (TPSA) is 31.9 Å². The van der Waals surface area contributed by atoms with Gasteiger partial charge in [0.05, 0.1) is 17.5 Å². The zero-order valence-electron chi connectivity index (χ0n) is 12.3. The highest BCUT2D eigenvalue weighted by molar-refractivity contribution is 5.29. The summed E-state index contributed by atoms with van der Waals surface area (Å²) in [6.07, 6.45) is -1.61. The van der Waals surface area contributed by atoms with E-state index in [1.807, 2.05) is 6.92 Å². The van der Waals surface area contributed by atoms with Gasteiger partial charge in [-0.3, -0.25) is 10.00 Å². The number of aromatic amines is 1. The van der Waals surface area contributed by atoms with Crippen LogP contribution in [0.25, 0.3) is 0 Å². The molecule has 0 radical (unpaired) electrons. The molecule has 0 saturated carbocycles. The van der Waals surface area contributed by atoms with E-state index in [4.69, 9.17) is 0 Å². The molecule has 3 rings (SSSR count). The van der Waals surface area contributed by atoms with Gasteiger partial charge in [0.25, 0.3) is 0 Å². The van der Waals surface area contributed by atoms with Gasteiger partial charge in [-0.1, -0.05) is 18.2 Å². The van der Waals surface area contributed by atoms with E-state index in [1.54, 1.807) is 12.3 Å². The molecule has 0 aliphatic carbocycles. The second-order valence-corrected chi connectivity index (χ2v) is 5.88. The van der Waals surface area contributed by atoms with Crippen LogP contribution in [0.15, 0.2) is 30.5 Å². The van der Waals surface area contributed by atoms with Crippen molar-refractivity contribution in [2.75, 3.05) is 13.1 Å². The van der Waals surface area contributed by atoms with Crippen molar-refractivity contribution in [3.8, 4) is 0 Å². The molecule has 1 unspecified atom stereocenters. The van der Waals surface area contributed by atoms with Gasteiger partial charge in [-0.05, 0) is 43.0 Å². The molecule has 2 aromatic rings. The summed E-state index contributed by atoms with van der Waals surface area (Å²) in [6.45, 7) is 4.43. The Labute approximate surface area is 127 Å². The number of benzene rings is 1. The SMILES string of the molecule is Cc1cn[nH]c1CN1CCC(c2cccc(C(F)(F)F)c2)C1. The van der Waals surface area contributed by atoms with Crippen LogP contribution in [-0.2, 0) is 12.7 Å². The lowest BCUT2D eigenvalue weighted by molar-refractivity contribution is -0.137. The summed E-state index contributed by atoms with van der Waals surface area (Å²) in [5, 5.41) is 6.98. The summed E-state index contributed by atoms with van der Waals surface area (Å²) < 4.78 is 38.4. The van der Waals surface area contributed by atoms with Crippen molar-refractivity contribution in [1.82, 2.24) is 15.1 Å². The van der Waals surface area contributed by atoms with Gasteiger partial charge in [-0.25, -0.2) is 0 Å². The van der Waals surface area contributed by atoms with E-state index in [0.717, 1.165) is 48.9 Å². The summed E-state index contributed by atoms with van der Waals surface area (Å²) in [6, 6.07) is 5.71. The highest BCUT2D eigenvalue weighted by Crippen LogP contribution is 2.34. The smallest absolute Gasteiger partial charge is 0.297 e. The first kappa shape index (κ1) is 15.1. The molecule has 1 aromatic heterocycles. The Balaban J connectivity index is 1.69. The van der Waals surface area contributed by atoms with Gasteiger partial charge in [-0.2, -0.15) is 18.3 Å². The first-order valence-electron chi connectivity index (χ1n) is 7.32. The minimum atomic E-state index is -4.28. The van der Waals surface area contributed by atoms with Crippen molar-refractivity contribution >= 4 is 0 Å². The van der Waals surface area contributed by atoms with Gasteiger partial charge in [0.2, 0.25) is 0 Å². The third kappa shape index (κ3) is 3.16. The van der Waals surface area contributed by atoms with Crippen molar-refractivity contribution in [2.45, 2.75) is 32.0 Å². The number of likely N-dealkylation sites (tertiary alicyclic amines) is 1. The minimum Gasteiger partial charge on any atom is -0.297 e. The van der Waals surface area contributed by atoms with Crippen LogP contribution in [0.2, 0.25) is 0 Å². The number of alkyl halides is 3. The van der Waals surface area contributed by atoms with E-state index in [2.05, 4.69) is 15.1 Å². The lowest BCUT2D eigenvalue weighted by atomic mass is 9.96. The quantitative estimate of drug-likeness (QED) is 0.937. The summed E-state index contributed by atoms with van der Waals surface area (Å²) in [5.74, 6) is 0.158. The van der Waals surface area contributed by atoms with Crippen LogP contribution in [0.5, 0.6) is 0 Å². The number of halogens is 3. The number of H-pyrrole nitrogens is 1. The van der Waals surface area contributed by atoms with Crippen molar-refractivity contribution in [3.05, 3.63) is 52.8 Å². The van der Waals surface area contributed by atoms with E-state index in [-0.39, 0.29) is 5.92 Å². The second-order valence-electron chi connectivity index (χ2n) is 5.88. The zero-order chi connectivity index (χ0) is 15.7. The van der Waals surface area contributed by atoms with Crippen molar-refractivity contribution < 1.29 is 13.2 Å². The Kier molecular flexibility index (Phi) is 3.95. The molecule has 1 aromatic carbocycles. The molecule has 3 nitrogen and oxygen atoms in total. The average Bonchev–Trinajstić information content (AvgIpc) is 3.09. The molecule has 118 valence electrons. The summed E-state index contributed by atoms with van der Waals surface area (Å²) >= 11 is 0. The summed E-state index contributed by atoms with van der Waals surface area (Å²) in [5.41, 5.74) is 2.40. The van der Waals surface area contributed by atoms with Gasteiger partial charge in [-0.15, -0.1) is 0 Å². The largest absolute Gasteiger partial charge is 0.416 e. The standard InChI is InChI=1S/C16H18F3N3/c1-11-8-20-21-15(11)10-22-6-5-13(9-22)12-3-2-4-14(7-12)16(17,18)19/h2-4,7-8,13H,5-6,9-10H2,1H3,(H,20,21). The molecule has 1 fully saturated rings. The normalized spacial score (nSPS) is 19.7. The number of hydrogen-bond acceptors (Lipinski definition) is 2. The maximum Gasteiger partial charge on any atom is 0.416 e. The van der Waals surface area contributed by atoms with Gasteiger partial charge in [0, 0.05) is 13.1 Å². The fraction of sp³-hybridized carbons (Fsp3) is 0.438. The lowest BCUT2D eigenvalue weighted by Gasteiger charge is -2.16. The molecule has 1 aliphatic rings. The molecule has 6 heteroatoms. The van der Waals surface area contributed by atoms with Gasteiger partial charge in [0.15, 0.2) is 0 Å². The van der Waals surface area contributed by atoms with Crippen LogP contribution >= 0.6 is 0 Å². The number of nitrogens with zero attached hydrogens (tertiary/aromatic N) is 2. The molecule has 1 saturated heterocycles.